The SMILES string of the molecule is C[C@H]1C[C@@]2(CCN1C[C@H]1C[C@@H](NC(=O)C3CCC3)C1)OCCc1cc(CC(F)F)sc12. The van der Waals surface area contributed by atoms with E-state index in [1.165, 1.54) is 16.9 Å². The zero-order chi connectivity index (χ0) is 21.6. The van der Waals surface area contributed by atoms with Crippen LogP contribution in [0.2, 0.25) is 0 Å². The van der Waals surface area contributed by atoms with E-state index in [1.807, 2.05) is 6.07 Å². The summed E-state index contributed by atoms with van der Waals surface area (Å²) in [4.78, 5) is 16.7. The molecule has 4 aliphatic rings. The smallest absolute Gasteiger partial charge is 0.243 e. The van der Waals surface area contributed by atoms with Gasteiger partial charge in [0.15, 0.2) is 0 Å². The largest absolute Gasteiger partial charge is 0.369 e. The van der Waals surface area contributed by atoms with Gasteiger partial charge in [-0.05, 0) is 69.4 Å². The summed E-state index contributed by atoms with van der Waals surface area (Å²) in [5.41, 5.74) is 0.949. The van der Waals surface area contributed by atoms with Crippen molar-refractivity contribution < 1.29 is 18.3 Å². The first-order valence-corrected chi connectivity index (χ1v) is 12.8. The number of fused-ring (bicyclic) bond motifs is 2. The lowest BCUT2D eigenvalue weighted by Crippen LogP contribution is -2.54. The third-order valence-electron chi connectivity index (χ3n) is 7.98. The summed E-state index contributed by atoms with van der Waals surface area (Å²) in [7, 11) is 0. The minimum atomic E-state index is -2.29. The Hall–Kier alpha value is -1.05. The second kappa shape index (κ2) is 8.71. The maximum atomic E-state index is 12.9. The second-order valence-electron chi connectivity index (χ2n) is 10.2. The molecule has 1 N–H and O–H groups in total. The van der Waals surface area contributed by atoms with Gasteiger partial charge in [-0.2, -0.15) is 0 Å². The van der Waals surface area contributed by atoms with Crippen molar-refractivity contribution in [3.63, 3.8) is 0 Å². The van der Waals surface area contributed by atoms with Crippen molar-refractivity contribution in [2.45, 2.75) is 88.8 Å². The Labute approximate surface area is 187 Å². The molecule has 3 fully saturated rings. The first-order valence-electron chi connectivity index (χ1n) is 12.0. The van der Waals surface area contributed by atoms with Crippen LogP contribution in [0.15, 0.2) is 6.07 Å². The molecule has 1 amide bonds. The van der Waals surface area contributed by atoms with Crippen LogP contribution in [0.4, 0.5) is 8.78 Å². The fourth-order valence-electron chi connectivity index (χ4n) is 5.92. The number of halogens is 2. The maximum Gasteiger partial charge on any atom is 0.243 e. The number of hydrogen-bond acceptors (Lipinski definition) is 4. The van der Waals surface area contributed by atoms with Gasteiger partial charge in [-0.1, -0.05) is 6.42 Å². The second-order valence-corrected chi connectivity index (χ2v) is 11.4. The van der Waals surface area contributed by atoms with Crippen molar-refractivity contribution in [3.8, 4) is 0 Å². The fraction of sp³-hybridized carbons (Fsp3) is 0.792. The minimum Gasteiger partial charge on any atom is -0.369 e. The maximum absolute atomic E-state index is 12.9. The molecule has 5 rings (SSSR count). The first-order chi connectivity index (χ1) is 14.9. The number of carbonyl (C=O) groups is 1. The number of hydrogen-bond donors (Lipinski definition) is 1. The van der Waals surface area contributed by atoms with Gasteiger partial charge in [-0.3, -0.25) is 4.79 Å². The Morgan fingerprint density at radius 1 is 1.39 bits per heavy atom. The van der Waals surface area contributed by atoms with E-state index in [0.717, 1.165) is 62.9 Å². The average Bonchev–Trinajstić information content (AvgIpc) is 3.04. The molecule has 172 valence electrons. The summed E-state index contributed by atoms with van der Waals surface area (Å²) in [6, 6.07) is 2.77. The Morgan fingerprint density at radius 2 is 2.19 bits per heavy atom. The molecule has 0 aromatic carbocycles. The van der Waals surface area contributed by atoms with Crippen LogP contribution >= 0.6 is 11.3 Å². The van der Waals surface area contributed by atoms with E-state index in [1.54, 1.807) is 11.3 Å². The number of nitrogens with zero attached hydrogens (tertiary/aromatic N) is 1. The number of carbonyl (C=O) groups excluding carboxylic acids is 1. The number of alkyl halides is 2. The van der Waals surface area contributed by atoms with Gasteiger partial charge in [0.2, 0.25) is 12.3 Å². The number of piperidine rings is 1. The number of ether oxygens (including phenoxy) is 1. The molecule has 4 nitrogen and oxygen atoms in total. The topological polar surface area (TPSA) is 41.6 Å². The number of nitrogens with one attached hydrogen (secondary N) is 1. The lowest BCUT2D eigenvalue weighted by molar-refractivity contribution is -0.129. The van der Waals surface area contributed by atoms with E-state index < -0.39 is 6.43 Å². The third-order valence-corrected chi connectivity index (χ3v) is 9.37. The van der Waals surface area contributed by atoms with Gasteiger partial charge in [0.25, 0.3) is 0 Å². The summed E-state index contributed by atoms with van der Waals surface area (Å²) in [6.45, 7) is 5.04. The summed E-state index contributed by atoms with van der Waals surface area (Å²) >= 11 is 1.55. The molecular formula is C24H34F2N2O2S. The zero-order valence-corrected chi connectivity index (χ0v) is 19.2. The molecular weight excluding hydrogens is 418 g/mol. The van der Waals surface area contributed by atoms with Crippen LogP contribution in [0.3, 0.4) is 0 Å². The number of rotatable bonds is 6. The highest BCUT2D eigenvalue weighted by Crippen LogP contribution is 2.47. The molecule has 2 aliphatic heterocycles. The van der Waals surface area contributed by atoms with Gasteiger partial charge in [0.1, 0.15) is 5.60 Å². The highest BCUT2D eigenvalue weighted by Gasteiger charge is 2.46. The summed E-state index contributed by atoms with van der Waals surface area (Å²) in [5.74, 6) is 1.21. The molecule has 0 bridgehead atoms. The number of amides is 1. The predicted octanol–water partition coefficient (Wildman–Crippen LogP) is 4.50. The molecule has 2 aliphatic carbocycles. The van der Waals surface area contributed by atoms with Crippen molar-refractivity contribution in [3.05, 3.63) is 21.4 Å². The molecule has 1 saturated heterocycles. The van der Waals surface area contributed by atoms with Crippen molar-refractivity contribution in [1.29, 1.82) is 0 Å². The summed E-state index contributed by atoms with van der Waals surface area (Å²) in [6.07, 6.45) is 5.79. The zero-order valence-electron chi connectivity index (χ0n) is 18.4. The average molecular weight is 453 g/mol. The molecule has 7 heteroatoms. The Balaban J connectivity index is 1.15. The Bertz CT molecular complexity index is 805. The van der Waals surface area contributed by atoms with Crippen LogP contribution in [0.5, 0.6) is 0 Å². The lowest BCUT2D eigenvalue weighted by Gasteiger charge is -2.49. The van der Waals surface area contributed by atoms with Crippen LogP contribution in [-0.4, -0.2) is 49.0 Å². The summed E-state index contributed by atoms with van der Waals surface area (Å²) < 4.78 is 32.2. The van der Waals surface area contributed by atoms with Crippen LogP contribution in [-0.2, 0) is 28.0 Å². The molecule has 0 unspecified atom stereocenters. The minimum absolute atomic E-state index is 0.143. The molecule has 31 heavy (non-hydrogen) atoms. The summed E-state index contributed by atoms with van der Waals surface area (Å²) in [5, 5.41) is 3.24. The number of likely N-dealkylation sites (tertiary alicyclic amines) is 1. The fourth-order valence-corrected chi connectivity index (χ4v) is 7.31. The van der Waals surface area contributed by atoms with E-state index in [0.29, 0.717) is 24.6 Å². The molecule has 1 aromatic heterocycles. The van der Waals surface area contributed by atoms with E-state index in [2.05, 4.69) is 17.1 Å². The van der Waals surface area contributed by atoms with Gasteiger partial charge in [-0.15, -0.1) is 11.3 Å². The van der Waals surface area contributed by atoms with Crippen molar-refractivity contribution in [1.82, 2.24) is 10.2 Å². The van der Waals surface area contributed by atoms with Gasteiger partial charge in [0.05, 0.1) is 6.61 Å². The van der Waals surface area contributed by atoms with Crippen molar-refractivity contribution >= 4 is 17.2 Å². The van der Waals surface area contributed by atoms with Crippen LogP contribution < -0.4 is 5.32 Å². The Kier molecular flexibility index (Phi) is 6.12. The molecule has 1 spiro atoms. The van der Waals surface area contributed by atoms with E-state index in [-0.39, 0.29) is 23.8 Å². The molecule has 0 radical (unpaired) electrons. The van der Waals surface area contributed by atoms with Gasteiger partial charge in [0, 0.05) is 47.3 Å². The lowest BCUT2D eigenvalue weighted by atomic mass is 9.77. The monoisotopic (exact) mass is 452 g/mol. The third kappa shape index (κ3) is 4.42. The van der Waals surface area contributed by atoms with Gasteiger partial charge < -0.3 is 15.0 Å². The van der Waals surface area contributed by atoms with Gasteiger partial charge in [-0.25, -0.2) is 8.78 Å². The quantitative estimate of drug-likeness (QED) is 0.691. The van der Waals surface area contributed by atoms with Gasteiger partial charge >= 0.3 is 0 Å². The van der Waals surface area contributed by atoms with Crippen molar-refractivity contribution in [2.75, 3.05) is 19.7 Å². The number of thiophene rings is 1. The molecule has 2 atom stereocenters. The Morgan fingerprint density at radius 3 is 2.87 bits per heavy atom. The van der Waals surface area contributed by atoms with Crippen molar-refractivity contribution in [2.24, 2.45) is 11.8 Å². The normalized spacial score (nSPS) is 33.7. The molecule has 3 heterocycles. The highest BCUT2D eigenvalue weighted by molar-refractivity contribution is 7.12. The standard InChI is InChI=1S/C24H34F2N2O2S/c1-15-13-24(22-18(5-8-30-24)11-20(31-22)12-21(25)26)6-7-28(15)14-16-9-19(10-16)27-23(29)17-3-2-4-17/h11,15-17,19,21H,2-10,12-14H2,1H3,(H,27,29)/t15-,16-,19+,24+/m0/s1. The van der Waals surface area contributed by atoms with Crippen LogP contribution in [0.25, 0.3) is 0 Å². The van der Waals surface area contributed by atoms with E-state index in [4.69, 9.17) is 4.74 Å². The van der Waals surface area contributed by atoms with Crippen LogP contribution in [0.1, 0.15) is 67.2 Å². The molecule has 2 saturated carbocycles. The highest BCUT2D eigenvalue weighted by atomic mass is 32.1. The van der Waals surface area contributed by atoms with E-state index in [9.17, 15) is 13.6 Å². The van der Waals surface area contributed by atoms with Crippen LogP contribution in [0, 0.1) is 11.8 Å². The molecule has 1 aromatic rings. The predicted molar refractivity (Wildman–Crippen MR) is 118 cm³/mol. The van der Waals surface area contributed by atoms with E-state index >= 15 is 0 Å². The first kappa shape index (κ1) is 21.8.